The molecule has 0 saturated carbocycles. The number of hydrogen-bond acceptors (Lipinski definition) is 5. The molecule has 0 saturated heterocycles. The lowest BCUT2D eigenvalue weighted by atomic mass is 10.1. The van der Waals surface area contributed by atoms with Gasteiger partial charge in [0.1, 0.15) is 23.1 Å². The zero-order chi connectivity index (χ0) is 23.2. The maximum atomic E-state index is 14.3. The van der Waals surface area contributed by atoms with Crippen LogP contribution in [0, 0.1) is 23.0 Å². The van der Waals surface area contributed by atoms with Crippen molar-refractivity contribution in [2.75, 3.05) is 20.8 Å². The molecule has 1 amide bonds. The summed E-state index contributed by atoms with van der Waals surface area (Å²) in [6.45, 7) is -1.96. The summed E-state index contributed by atoms with van der Waals surface area (Å²) >= 11 is 0. The highest BCUT2D eigenvalue weighted by molar-refractivity contribution is 5.82. The van der Waals surface area contributed by atoms with Crippen LogP contribution in [0.5, 0.6) is 11.5 Å². The lowest BCUT2D eigenvalue weighted by Crippen LogP contribution is -2.31. The number of ether oxygens (including phenoxy) is 3. The SMILES string of the molecule is COc1cc(F)c(C(OC)C(=O)NCc2ccc(C#N)cc2OCC(F)(F)F)c(F)c1. The first-order valence-corrected chi connectivity index (χ1v) is 8.65. The van der Waals surface area contributed by atoms with E-state index in [1.807, 2.05) is 0 Å². The summed E-state index contributed by atoms with van der Waals surface area (Å²) in [6, 6.07) is 7.22. The van der Waals surface area contributed by atoms with Crippen molar-refractivity contribution >= 4 is 5.91 Å². The van der Waals surface area contributed by atoms with Crippen molar-refractivity contribution in [3.8, 4) is 17.6 Å². The first-order chi connectivity index (χ1) is 14.6. The molecule has 0 aliphatic rings. The third kappa shape index (κ3) is 6.29. The summed E-state index contributed by atoms with van der Waals surface area (Å²) in [5.41, 5.74) is -0.499. The smallest absolute Gasteiger partial charge is 0.422 e. The van der Waals surface area contributed by atoms with Crippen LogP contribution < -0.4 is 14.8 Å². The Kier molecular flexibility index (Phi) is 7.77. The van der Waals surface area contributed by atoms with Gasteiger partial charge in [0.15, 0.2) is 12.7 Å². The number of halogens is 5. The first kappa shape index (κ1) is 23.9. The molecule has 1 N–H and O–H groups in total. The Morgan fingerprint density at radius 3 is 2.32 bits per heavy atom. The quantitative estimate of drug-likeness (QED) is 0.627. The number of methoxy groups -OCH3 is 2. The number of carbonyl (C=O) groups excluding carboxylic acids is 1. The summed E-state index contributed by atoms with van der Waals surface area (Å²) in [7, 11) is 2.28. The van der Waals surface area contributed by atoms with Crippen LogP contribution in [0.3, 0.4) is 0 Å². The standard InChI is InChI=1S/C20H17F5N2O4/c1-29-13-6-14(21)17(15(22)7-13)18(30-2)19(28)27-9-12-4-3-11(8-26)5-16(12)31-10-20(23,24)25/h3-7,18H,9-10H2,1-2H3,(H,27,28). The Balaban J connectivity index is 2.22. The van der Waals surface area contributed by atoms with E-state index in [-0.39, 0.29) is 29.2 Å². The Bertz CT molecular complexity index is 966. The fraction of sp³-hybridized carbons (Fsp3) is 0.300. The second-order valence-corrected chi connectivity index (χ2v) is 6.18. The molecule has 1 unspecified atom stereocenters. The first-order valence-electron chi connectivity index (χ1n) is 8.65. The zero-order valence-corrected chi connectivity index (χ0v) is 16.3. The molecule has 0 spiro atoms. The normalized spacial score (nSPS) is 12.1. The fourth-order valence-electron chi connectivity index (χ4n) is 2.62. The Morgan fingerprint density at radius 1 is 1.16 bits per heavy atom. The summed E-state index contributed by atoms with van der Waals surface area (Å²) in [4.78, 5) is 12.5. The van der Waals surface area contributed by atoms with Crippen LogP contribution in [0.15, 0.2) is 30.3 Å². The second kappa shape index (κ2) is 10.1. The lowest BCUT2D eigenvalue weighted by Gasteiger charge is -2.19. The number of carbonyl (C=O) groups is 1. The zero-order valence-electron chi connectivity index (χ0n) is 16.3. The van der Waals surface area contributed by atoms with Crippen molar-refractivity contribution < 1.29 is 41.0 Å². The van der Waals surface area contributed by atoms with Gasteiger partial charge in [0.05, 0.1) is 24.3 Å². The van der Waals surface area contributed by atoms with Crippen LogP contribution in [0.4, 0.5) is 22.0 Å². The van der Waals surface area contributed by atoms with Crippen molar-refractivity contribution in [1.82, 2.24) is 5.32 Å². The molecule has 0 aromatic heterocycles. The van der Waals surface area contributed by atoms with Crippen molar-refractivity contribution in [2.24, 2.45) is 0 Å². The van der Waals surface area contributed by atoms with Gasteiger partial charge in [-0.2, -0.15) is 18.4 Å². The van der Waals surface area contributed by atoms with Gasteiger partial charge in [-0.15, -0.1) is 0 Å². The van der Waals surface area contributed by atoms with Crippen molar-refractivity contribution in [2.45, 2.75) is 18.8 Å². The van der Waals surface area contributed by atoms with E-state index in [9.17, 15) is 26.7 Å². The molecule has 2 aromatic carbocycles. The number of amides is 1. The third-order valence-corrected chi connectivity index (χ3v) is 4.06. The highest BCUT2D eigenvalue weighted by Gasteiger charge is 2.30. The Morgan fingerprint density at radius 2 is 1.81 bits per heavy atom. The molecule has 0 aliphatic heterocycles. The largest absolute Gasteiger partial charge is 0.497 e. The highest BCUT2D eigenvalue weighted by atomic mass is 19.4. The molecule has 31 heavy (non-hydrogen) atoms. The van der Waals surface area contributed by atoms with Gasteiger partial charge in [0.2, 0.25) is 0 Å². The molecular weight excluding hydrogens is 427 g/mol. The maximum Gasteiger partial charge on any atom is 0.422 e. The van der Waals surface area contributed by atoms with E-state index in [1.165, 1.54) is 19.2 Å². The molecule has 11 heteroatoms. The third-order valence-electron chi connectivity index (χ3n) is 4.06. The number of nitrogens with one attached hydrogen (secondary N) is 1. The minimum Gasteiger partial charge on any atom is -0.497 e. The Labute approximate surface area is 174 Å². The molecule has 1 atom stereocenters. The van der Waals surface area contributed by atoms with E-state index in [1.54, 1.807) is 6.07 Å². The van der Waals surface area contributed by atoms with Crippen LogP contribution in [0.25, 0.3) is 0 Å². The number of nitrogens with zero attached hydrogens (tertiary/aromatic N) is 1. The number of rotatable bonds is 8. The van der Waals surface area contributed by atoms with E-state index in [0.29, 0.717) is 0 Å². The molecule has 0 fully saturated rings. The van der Waals surface area contributed by atoms with Crippen molar-refractivity contribution in [3.05, 3.63) is 58.7 Å². The number of nitriles is 1. The van der Waals surface area contributed by atoms with Crippen LogP contribution in [0.1, 0.15) is 22.8 Å². The van der Waals surface area contributed by atoms with Gasteiger partial charge in [0, 0.05) is 31.4 Å². The van der Waals surface area contributed by atoms with E-state index in [2.05, 4.69) is 5.32 Å². The minimum atomic E-state index is -4.62. The topological polar surface area (TPSA) is 80.6 Å². The molecule has 0 bridgehead atoms. The lowest BCUT2D eigenvalue weighted by molar-refractivity contribution is -0.153. The number of hydrogen-bond donors (Lipinski definition) is 1. The van der Waals surface area contributed by atoms with Crippen LogP contribution in [-0.4, -0.2) is 32.9 Å². The molecule has 166 valence electrons. The van der Waals surface area contributed by atoms with Gasteiger partial charge in [-0.3, -0.25) is 4.79 Å². The monoisotopic (exact) mass is 444 g/mol. The molecule has 0 aliphatic carbocycles. The van der Waals surface area contributed by atoms with Crippen molar-refractivity contribution in [3.63, 3.8) is 0 Å². The maximum absolute atomic E-state index is 14.3. The van der Waals surface area contributed by atoms with Crippen LogP contribution in [0.2, 0.25) is 0 Å². The predicted molar refractivity (Wildman–Crippen MR) is 97.2 cm³/mol. The van der Waals surface area contributed by atoms with Crippen LogP contribution in [-0.2, 0) is 16.1 Å². The Hall–Kier alpha value is -3.39. The van der Waals surface area contributed by atoms with Crippen LogP contribution >= 0.6 is 0 Å². The van der Waals surface area contributed by atoms with Gasteiger partial charge >= 0.3 is 6.18 Å². The van der Waals surface area contributed by atoms with E-state index in [0.717, 1.165) is 25.3 Å². The number of alkyl halides is 3. The summed E-state index contributed by atoms with van der Waals surface area (Å²) in [6.07, 6.45) is -6.29. The predicted octanol–water partition coefficient (Wildman–Crippen LogP) is 3.79. The van der Waals surface area contributed by atoms with Gasteiger partial charge in [-0.1, -0.05) is 6.07 Å². The van der Waals surface area contributed by atoms with E-state index >= 15 is 0 Å². The highest BCUT2D eigenvalue weighted by Crippen LogP contribution is 2.28. The fourth-order valence-corrected chi connectivity index (χ4v) is 2.62. The minimum absolute atomic E-state index is 0.0457. The molecule has 6 nitrogen and oxygen atoms in total. The summed E-state index contributed by atoms with van der Waals surface area (Å²) in [5.74, 6) is -3.47. The van der Waals surface area contributed by atoms with Gasteiger partial charge in [-0.25, -0.2) is 8.78 Å². The van der Waals surface area contributed by atoms with E-state index < -0.39 is 42.0 Å². The van der Waals surface area contributed by atoms with Gasteiger partial charge in [-0.05, 0) is 12.1 Å². The molecule has 2 aromatic rings. The molecule has 0 heterocycles. The average Bonchev–Trinajstić information content (AvgIpc) is 2.72. The summed E-state index contributed by atoms with van der Waals surface area (Å²) < 4.78 is 80.4. The van der Waals surface area contributed by atoms with E-state index in [4.69, 9.17) is 19.5 Å². The van der Waals surface area contributed by atoms with Gasteiger partial charge in [0.25, 0.3) is 5.91 Å². The average molecular weight is 444 g/mol. The molecule has 0 radical (unpaired) electrons. The number of benzene rings is 2. The van der Waals surface area contributed by atoms with Gasteiger partial charge < -0.3 is 19.5 Å². The second-order valence-electron chi connectivity index (χ2n) is 6.18. The molecule has 2 rings (SSSR count). The summed E-state index contributed by atoms with van der Waals surface area (Å²) in [5, 5.41) is 11.3. The molecular formula is C20H17F5N2O4. The van der Waals surface area contributed by atoms with Crippen molar-refractivity contribution in [1.29, 1.82) is 5.26 Å².